The van der Waals surface area contributed by atoms with E-state index in [1.807, 2.05) is 6.20 Å². The fraction of sp³-hybridized carbons (Fsp3) is 0.174. The zero-order valence-electron chi connectivity index (χ0n) is 14.4. The molecule has 1 atom stereocenters. The van der Waals surface area contributed by atoms with Gasteiger partial charge in [-0.1, -0.05) is 48.5 Å². The lowest BCUT2D eigenvalue weighted by Crippen LogP contribution is -2.12. The molecule has 1 aromatic heterocycles. The average molecular weight is 403 g/mol. The molecule has 0 fully saturated rings. The maximum atomic E-state index is 5.91. The minimum Gasteiger partial charge on any atom is -0.383 e. The van der Waals surface area contributed by atoms with Crippen molar-refractivity contribution in [1.82, 2.24) is 4.98 Å². The van der Waals surface area contributed by atoms with Crippen LogP contribution in [0.25, 0.3) is 21.5 Å². The summed E-state index contributed by atoms with van der Waals surface area (Å²) in [5.41, 5.74) is 10.1. The van der Waals surface area contributed by atoms with Crippen molar-refractivity contribution >= 4 is 43.3 Å². The Morgan fingerprint density at radius 2 is 1.81 bits per heavy atom. The third-order valence-corrected chi connectivity index (χ3v) is 6.27. The number of aromatic nitrogens is 1. The SMILES string of the molecule is Nc1ncc(C2CCCc3ccc4c(ccc5ccccc54)c32)cc1Br. The van der Waals surface area contributed by atoms with Gasteiger partial charge in [0.1, 0.15) is 5.82 Å². The van der Waals surface area contributed by atoms with Crippen molar-refractivity contribution in [1.29, 1.82) is 0 Å². The number of benzene rings is 3. The lowest BCUT2D eigenvalue weighted by Gasteiger charge is -2.28. The molecule has 5 rings (SSSR count). The largest absolute Gasteiger partial charge is 0.383 e. The van der Waals surface area contributed by atoms with Crippen LogP contribution in [0.15, 0.2) is 65.3 Å². The van der Waals surface area contributed by atoms with E-state index in [2.05, 4.69) is 75.5 Å². The molecule has 1 unspecified atom stereocenters. The first-order valence-corrected chi connectivity index (χ1v) is 9.86. The summed E-state index contributed by atoms with van der Waals surface area (Å²) in [4.78, 5) is 4.39. The van der Waals surface area contributed by atoms with Crippen LogP contribution in [0.3, 0.4) is 0 Å². The first kappa shape index (κ1) is 15.8. The summed E-state index contributed by atoms with van der Waals surface area (Å²) >= 11 is 3.55. The number of aryl methyl sites for hydroxylation is 1. The van der Waals surface area contributed by atoms with Gasteiger partial charge in [-0.3, -0.25) is 0 Å². The second kappa shape index (κ2) is 6.10. The quantitative estimate of drug-likeness (QED) is 0.384. The summed E-state index contributed by atoms with van der Waals surface area (Å²) in [7, 11) is 0. The molecule has 1 heterocycles. The highest BCUT2D eigenvalue weighted by Crippen LogP contribution is 2.42. The van der Waals surface area contributed by atoms with Crippen LogP contribution in [0.1, 0.15) is 35.4 Å². The Balaban J connectivity index is 1.79. The first-order chi connectivity index (χ1) is 12.7. The van der Waals surface area contributed by atoms with E-state index in [0.29, 0.717) is 11.7 Å². The van der Waals surface area contributed by atoms with E-state index in [4.69, 9.17) is 5.73 Å². The predicted octanol–water partition coefficient (Wildman–Crippen LogP) is 6.20. The zero-order valence-corrected chi connectivity index (χ0v) is 16.0. The highest BCUT2D eigenvalue weighted by Gasteiger charge is 2.25. The van der Waals surface area contributed by atoms with Crippen LogP contribution in [0.2, 0.25) is 0 Å². The minimum atomic E-state index is 0.369. The second-order valence-electron chi connectivity index (χ2n) is 7.10. The lowest BCUT2D eigenvalue weighted by atomic mass is 9.76. The number of hydrogen-bond acceptors (Lipinski definition) is 2. The molecule has 0 bridgehead atoms. The van der Waals surface area contributed by atoms with Gasteiger partial charge in [0, 0.05) is 12.1 Å². The van der Waals surface area contributed by atoms with Crippen molar-refractivity contribution in [2.45, 2.75) is 25.2 Å². The molecule has 26 heavy (non-hydrogen) atoms. The summed E-state index contributed by atoms with van der Waals surface area (Å²) in [5, 5.41) is 5.34. The number of fused-ring (bicyclic) bond motifs is 5. The molecule has 1 aliphatic carbocycles. The zero-order chi connectivity index (χ0) is 17.7. The summed E-state index contributed by atoms with van der Waals surface area (Å²) in [5.74, 6) is 0.918. The van der Waals surface area contributed by atoms with Crippen molar-refractivity contribution in [2.75, 3.05) is 5.73 Å². The Bertz CT molecular complexity index is 1150. The number of halogens is 1. The highest BCUT2D eigenvalue weighted by atomic mass is 79.9. The molecule has 0 saturated heterocycles. The Morgan fingerprint density at radius 3 is 2.69 bits per heavy atom. The summed E-state index contributed by atoms with van der Waals surface area (Å²) < 4.78 is 0.882. The molecule has 2 nitrogen and oxygen atoms in total. The summed E-state index contributed by atoms with van der Waals surface area (Å²) in [6, 6.07) is 20.0. The van der Waals surface area contributed by atoms with Gasteiger partial charge in [0.25, 0.3) is 0 Å². The van der Waals surface area contributed by atoms with Crippen LogP contribution >= 0.6 is 15.9 Å². The van der Waals surface area contributed by atoms with Gasteiger partial charge >= 0.3 is 0 Å². The van der Waals surface area contributed by atoms with E-state index in [0.717, 1.165) is 17.3 Å². The standard InChI is InChI=1S/C23H19BrN2/c24-21-12-16(13-26-23(21)25)18-7-3-5-15-9-10-19-17-6-2-1-4-14(17)8-11-20(19)22(15)18/h1-2,4,6,8-13,18H,3,5,7H2,(H2,25,26). The Morgan fingerprint density at radius 1 is 0.962 bits per heavy atom. The van der Waals surface area contributed by atoms with Gasteiger partial charge < -0.3 is 5.73 Å². The molecule has 2 N–H and O–H groups in total. The van der Waals surface area contributed by atoms with E-state index in [-0.39, 0.29) is 0 Å². The molecular formula is C23H19BrN2. The van der Waals surface area contributed by atoms with Crippen LogP contribution in [0, 0.1) is 0 Å². The smallest absolute Gasteiger partial charge is 0.137 e. The van der Waals surface area contributed by atoms with Crippen LogP contribution in [-0.2, 0) is 6.42 Å². The van der Waals surface area contributed by atoms with E-state index in [9.17, 15) is 0 Å². The fourth-order valence-electron chi connectivity index (χ4n) is 4.41. The summed E-state index contributed by atoms with van der Waals surface area (Å²) in [6.07, 6.45) is 5.45. The van der Waals surface area contributed by atoms with E-state index in [1.54, 1.807) is 0 Å². The maximum absolute atomic E-state index is 5.91. The van der Waals surface area contributed by atoms with Gasteiger partial charge in [0.2, 0.25) is 0 Å². The normalized spacial score (nSPS) is 16.7. The molecule has 4 aromatic rings. The van der Waals surface area contributed by atoms with Crippen molar-refractivity contribution in [3.63, 3.8) is 0 Å². The highest BCUT2D eigenvalue weighted by molar-refractivity contribution is 9.10. The fourth-order valence-corrected chi connectivity index (χ4v) is 4.78. The van der Waals surface area contributed by atoms with Gasteiger partial charge in [-0.2, -0.15) is 0 Å². The maximum Gasteiger partial charge on any atom is 0.137 e. The minimum absolute atomic E-state index is 0.369. The number of pyridine rings is 1. The number of anilines is 1. The second-order valence-corrected chi connectivity index (χ2v) is 7.96. The van der Waals surface area contributed by atoms with Gasteiger partial charge in [-0.05, 0) is 79.5 Å². The Hall–Kier alpha value is -2.39. The monoisotopic (exact) mass is 402 g/mol. The summed E-state index contributed by atoms with van der Waals surface area (Å²) in [6.45, 7) is 0. The number of nitrogen functional groups attached to an aromatic ring is 1. The predicted molar refractivity (Wildman–Crippen MR) is 113 cm³/mol. The van der Waals surface area contributed by atoms with Gasteiger partial charge in [0.15, 0.2) is 0 Å². The van der Waals surface area contributed by atoms with Crippen LogP contribution < -0.4 is 5.73 Å². The molecule has 0 radical (unpaired) electrons. The van der Waals surface area contributed by atoms with E-state index >= 15 is 0 Å². The van der Waals surface area contributed by atoms with Crippen molar-refractivity contribution < 1.29 is 0 Å². The molecule has 3 heteroatoms. The van der Waals surface area contributed by atoms with Crippen LogP contribution in [0.5, 0.6) is 0 Å². The van der Waals surface area contributed by atoms with Crippen molar-refractivity contribution in [3.05, 3.63) is 82.0 Å². The topological polar surface area (TPSA) is 38.9 Å². The third kappa shape index (κ3) is 2.42. The number of hydrogen-bond donors (Lipinski definition) is 1. The molecule has 3 aromatic carbocycles. The molecule has 0 saturated carbocycles. The number of nitrogens with zero attached hydrogens (tertiary/aromatic N) is 1. The van der Waals surface area contributed by atoms with Gasteiger partial charge in [-0.25, -0.2) is 4.98 Å². The third-order valence-electron chi connectivity index (χ3n) is 5.64. The van der Waals surface area contributed by atoms with E-state index < -0.39 is 0 Å². The van der Waals surface area contributed by atoms with Crippen LogP contribution in [0.4, 0.5) is 5.82 Å². The Kier molecular flexibility index (Phi) is 3.71. The van der Waals surface area contributed by atoms with Crippen molar-refractivity contribution in [2.24, 2.45) is 0 Å². The molecule has 0 amide bonds. The molecule has 1 aliphatic rings. The van der Waals surface area contributed by atoms with Gasteiger partial charge in [0.05, 0.1) is 4.47 Å². The van der Waals surface area contributed by atoms with Crippen molar-refractivity contribution in [3.8, 4) is 0 Å². The van der Waals surface area contributed by atoms with Gasteiger partial charge in [-0.15, -0.1) is 0 Å². The molecule has 128 valence electrons. The number of rotatable bonds is 1. The molecule has 0 spiro atoms. The van der Waals surface area contributed by atoms with E-state index in [1.165, 1.54) is 44.7 Å². The lowest BCUT2D eigenvalue weighted by molar-refractivity contribution is 0.619. The number of nitrogens with two attached hydrogens (primary N) is 1. The van der Waals surface area contributed by atoms with Crippen LogP contribution in [-0.4, -0.2) is 4.98 Å². The first-order valence-electron chi connectivity index (χ1n) is 9.06. The Labute approximate surface area is 161 Å². The average Bonchev–Trinajstić information content (AvgIpc) is 2.69. The molecular weight excluding hydrogens is 384 g/mol. The molecule has 0 aliphatic heterocycles.